The number of hydrogen-bond acceptors (Lipinski definition) is 9. The van der Waals surface area contributed by atoms with Gasteiger partial charge in [-0.2, -0.15) is 5.09 Å². The third kappa shape index (κ3) is 6.93. The monoisotopic (exact) mass is 543 g/mol. The molecule has 1 fully saturated rings. The molecule has 0 amide bonds. The van der Waals surface area contributed by atoms with Gasteiger partial charge in [-0.15, -0.1) is 0 Å². The van der Waals surface area contributed by atoms with Crippen molar-refractivity contribution in [2.45, 2.75) is 70.4 Å². The molecule has 0 aliphatic carbocycles. The van der Waals surface area contributed by atoms with Gasteiger partial charge in [-0.3, -0.25) is 23.7 Å². The second-order valence-electron chi connectivity index (χ2n) is 8.84. The molecule has 1 aromatic carbocycles. The van der Waals surface area contributed by atoms with Gasteiger partial charge in [-0.25, -0.2) is 13.8 Å². The van der Waals surface area contributed by atoms with Gasteiger partial charge in [-0.05, 0) is 39.3 Å². The number of rotatable bonds is 11. The van der Waals surface area contributed by atoms with Crippen LogP contribution in [0.5, 0.6) is 5.75 Å². The van der Waals surface area contributed by atoms with Gasteiger partial charge in [0.25, 0.3) is 5.56 Å². The molecule has 37 heavy (non-hydrogen) atoms. The molecule has 12 nitrogen and oxygen atoms in total. The number of nitrogens with one attached hydrogen (secondary N) is 2. The van der Waals surface area contributed by atoms with Crippen LogP contribution in [0, 0.1) is 0 Å². The second kappa shape index (κ2) is 11.7. The summed E-state index contributed by atoms with van der Waals surface area (Å²) in [5.74, 6) is -0.539. The summed E-state index contributed by atoms with van der Waals surface area (Å²) in [6.07, 6.45) is -3.58. The topological polar surface area (TPSA) is 158 Å². The summed E-state index contributed by atoms with van der Waals surface area (Å²) in [6.45, 7) is 5.33. The van der Waals surface area contributed by atoms with Crippen LogP contribution < -0.4 is 20.9 Å². The van der Waals surface area contributed by atoms with Crippen LogP contribution in [0.3, 0.4) is 0 Å². The first kappa shape index (κ1) is 28.7. The van der Waals surface area contributed by atoms with E-state index in [9.17, 15) is 24.1 Å². The van der Waals surface area contributed by atoms with Crippen LogP contribution in [0.4, 0.5) is 4.39 Å². The molecule has 2 heterocycles. The van der Waals surface area contributed by atoms with E-state index in [1.54, 1.807) is 25.1 Å². The molecule has 3 rings (SSSR count). The molecule has 3 unspecified atom stereocenters. The fourth-order valence-electron chi connectivity index (χ4n) is 3.52. The lowest BCUT2D eigenvalue weighted by Gasteiger charge is -2.25. The normalized spacial score (nSPS) is 26.7. The predicted molar refractivity (Wildman–Crippen MR) is 130 cm³/mol. The van der Waals surface area contributed by atoms with E-state index in [0.29, 0.717) is 6.42 Å². The van der Waals surface area contributed by atoms with Crippen molar-refractivity contribution in [3.05, 3.63) is 63.4 Å². The maximum atomic E-state index is 15.5. The van der Waals surface area contributed by atoms with Crippen LogP contribution in [0.2, 0.25) is 0 Å². The molecule has 1 saturated heterocycles. The maximum absolute atomic E-state index is 15.5. The minimum absolute atomic E-state index is 0.154. The average Bonchev–Trinajstić information content (AvgIpc) is 3.06. The number of aromatic amines is 1. The Kier molecular flexibility index (Phi) is 9.09. The minimum atomic E-state index is -4.31. The number of halogens is 1. The largest absolute Gasteiger partial charge is 0.462 e. The van der Waals surface area contributed by atoms with Gasteiger partial charge in [0.2, 0.25) is 0 Å². The van der Waals surface area contributed by atoms with Gasteiger partial charge < -0.3 is 19.1 Å². The van der Waals surface area contributed by atoms with E-state index in [4.69, 9.17) is 18.5 Å². The summed E-state index contributed by atoms with van der Waals surface area (Å²) < 4.78 is 51.7. The van der Waals surface area contributed by atoms with Crippen molar-refractivity contribution in [2.75, 3.05) is 6.61 Å². The Balaban J connectivity index is 1.79. The average molecular weight is 543 g/mol. The number of aromatic nitrogens is 2. The third-order valence-corrected chi connectivity index (χ3v) is 7.44. The third-order valence-electron chi connectivity index (χ3n) is 5.80. The summed E-state index contributed by atoms with van der Waals surface area (Å²) in [5, 5.41) is 13.1. The van der Waals surface area contributed by atoms with Gasteiger partial charge in [0.1, 0.15) is 24.0 Å². The first-order chi connectivity index (χ1) is 17.4. The Hall–Kier alpha value is -2.83. The Morgan fingerprint density at radius 1 is 1.30 bits per heavy atom. The van der Waals surface area contributed by atoms with Crippen LogP contribution in [0.25, 0.3) is 0 Å². The molecule has 1 aliphatic heterocycles. The van der Waals surface area contributed by atoms with Crippen molar-refractivity contribution < 1.29 is 37.4 Å². The number of alkyl halides is 1. The quantitative estimate of drug-likeness (QED) is 0.283. The zero-order valence-electron chi connectivity index (χ0n) is 20.8. The number of esters is 1. The number of carbonyl (C=O) groups is 1. The van der Waals surface area contributed by atoms with Gasteiger partial charge in [-0.1, -0.05) is 25.1 Å². The van der Waals surface area contributed by atoms with Gasteiger partial charge in [0.05, 0.1) is 12.7 Å². The fraction of sp³-hybridized carbons (Fsp3) is 0.522. The Labute approximate surface area is 212 Å². The maximum Gasteiger partial charge on any atom is 0.459 e. The highest BCUT2D eigenvalue weighted by molar-refractivity contribution is 7.52. The van der Waals surface area contributed by atoms with Crippen LogP contribution in [-0.4, -0.2) is 57.3 Å². The summed E-state index contributed by atoms with van der Waals surface area (Å²) >= 11 is 0. The zero-order valence-corrected chi connectivity index (χ0v) is 21.7. The highest BCUT2D eigenvalue weighted by Crippen LogP contribution is 2.47. The number of H-pyrrole nitrogens is 1. The van der Waals surface area contributed by atoms with Crippen molar-refractivity contribution in [1.82, 2.24) is 14.6 Å². The van der Waals surface area contributed by atoms with Crippen molar-refractivity contribution in [1.29, 1.82) is 0 Å². The molecular formula is C23H31FN3O9P. The molecule has 0 bridgehead atoms. The Morgan fingerprint density at radius 3 is 2.59 bits per heavy atom. The zero-order chi connectivity index (χ0) is 27.4. The number of para-hydroxylation sites is 1. The summed E-state index contributed by atoms with van der Waals surface area (Å²) in [6, 6.07) is 7.88. The summed E-state index contributed by atoms with van der Waals surface area (Å²) in [5.41, 5.74) is -4.11. The number of nitrogens with zero attached hydrogens (tertiary/aromatic N) is 1. The molecule has 2 aromatic rings. The lowest BCUT2D eigenvalue weighted by molar-refractivity contribution is -0.150. The fourth-order valence-corrected chi connectivity index (χ4v) is 5.02. The van der Waals surface area contributed by atoms with Crippen molar-refractivity contribution in [3.63, 3.8) is 0 Å². The van der Waals surface area contributed by atoms with E-state index in [1.165, 1.54) is 19.1 Å². The Morgan fingerprint density at radius 2 is 1.97 bits per heavy atom. The molecular weight excluding hydrogens is 512 g/mol. The van der Waals surface area contributed by atoms with Crippen LogP contribution in [0.15, 0.2) is 52.2 Å². The SMILES string of the molecule is CCC(C)OC(=O)[C@H](C)NP(=O)(OC[C@H]1O[C@@H](n2ccc(=O)[nH]c2=O)C(C)(F)[C@@H]1O)Oc1ccccc1. The smallest absolute Gasteiger partial charge is 0.459 e. The van der Waals surface area contributed by atoms with Crippen LogP contribution in [0.1, 0.15) is 40.3 Å². The molecule has 0 spiro atoms. The van der Waals surface area contributed by atoms with Crippen LogP contribution in [-0.2, 0) is 23.4 Å². The first-order valence-electron chi connectivity index (χ1n) is 11.7. The molecule has 0 radical (unpaired) electrons. The molecule has 3 N–H and O–H groups in total. The predicted octanol–water partition coefficient (Wildman–Crippen LogP) is 2.05. The van der Waals surface area contributed by atoms with Crippen molar-refractivity contribution in [2.24, 2.45) is 0 Å². The van der Waals surface area contributed by atoms with E-state index < -0.39 is 61.7 Å². The van der Waals surface area contributed by atoms with E-state index in [0.717, 1.165) is 23.8 Å². The molecule has 1 aliphatic rings. The number of aliphatic hydroxyl groups is 1. The Bertz CT molecular complexity index is 1240. The number of benzene rings is 1. The highest BCUT2D eigenvalue weighted by atomic mass is 31.2. The van der Waals surface area contributed by atoms with E-state index >= 15 is 4.39 Å². The van der Waals surface area contributed by atoms with E-state index in [1.807, 2.05) is 11.9 Å². The number of aliphatic hydroxyl groups excluding tert-OH is 1. The van der Waals surface area contributed by atoms with Gasteiger partial charge in [0.15, 0.2) is 11.9 Å². The number of ether oxygens (including phenoxy) is 2. The van der Waals surface area contributed by atoms with Gasteiger partial charge >= 0.3 is 19.4 Å². The molecule has 14 heteroatoms. The summed E-state index contributed by atoms with van der Waals surface area (Å²) in [7, 11) is -4.31. The molecule has 204 valence electrons. The number of carbonyl (C=O) groups excluding carboxylic acids is 1. The lowest BCUT2D eigenvalue weighted by Crippen LogP contribution is -2.43. The van der Waals surface area contributed by atoms with Crippen LogP contribution >= 0.6 is 7.75 Å². The molecule has 0 saturated carbocycles. The molecule has 1 aromatic heterocycles. The summed E-state index contributed by atoms with van der Waals surface area (Å²) in [4.78, 5) is 37.9. The minimum Gasteiger partial charge on any atom is -0.462 e. The van der Waals surface area contributed by atoms with Gasteiger partial charge in [0, 0.05) is 12.3 Å². The van der Waals surface area contributed by atoms with Crippen molar-refractivity contribution in [3.8, 4) is 5.75 Å². The molecule has 7 atom stereocenters. The van der Waals surface area contributed by atoms with E-state index in [-0.39, 0.29) is 11.9 Å². The van der Waals surface area contributed by atoms with Crippen molar-refractivity contribution >= 4 is 13.7 Å². The number of hydrogen-bond donors (Lipinski definition) is 3. The standard InChI is InChI=1S/C23H31FN3O9P/c1-5-14(2)34-20(30)15(3)26-37(32,36-16-9-7-6-8-10-16)33-13-17-19(29)23(4,24)21(35-17)27-12-11-18(28)25-22(27)31/h6-12,14-15,17,19,21,29H,5,13H2,1-4H3,(H,26,32)(H,25,28,31)/t14?,15-,17+,19+,21+,23?,37?/m0/s1. The second-order valence-corrected chi connectivity index (χ2v) is 10.5. The lowest BCUT2D eigenvalue weighted by atomic mass is 9.98. The highest BCUT2D eigenvalue weighted by Gasteiger charge is 2.55. The first-order valence-corrected chi connectivity index (χ1v) is 13.2. The van der Waals surface area contributed by atoms with E-state index in [2.05, 4.69) is 5.09 Å².